The fourth-order valence-electron chi connectivity index (χ4n) is 4.48. The summed E-state index contributed by atoms with van der Waals surface area (Å²) < 4.78 is 41.4. The number of nitrogens with one attached hydrogen (secondary N) is 1. The number of pyridine rings is 1. The van der Waals surface area contributed by atoms with Gasteiger partial charge in [-0.2, -0.15) is 0 Å². The molecule has 0 aliphatic carbocycles. The van der Waals surface area contributed by atoms with Crippen molar-refractivity contribution in [2.75, 3.05) is 24.2 Å². The summed E-state index contributed by atoms with van der Waals surface area (Å²) >= 11 is 2.85. The fourth-order valence-corrected chi connectivity index (χ4v) is 6.22. The van der Waals surface area contributed by atoms with Gasteiger partial charge in [-0.15, -0.1) is 24.5 Å². The van der Waals surface area contributed by atoms with E-state index in [1.54, 1.807) is 35.8 Å². The van der Waals surface area contributed by atoms with Gasteiger partial charge in [0.1, 0.15) is 11.4 Å². The highest BCUT2D eigenvalue weighted by Crippen LogP contribution is 2.33. The number of ether oxygens (including phenoxy) is 1. The van der Waals surface area contributed by atoms with Gasteiger partial charge in [-0.1, -0.05) is 48.2 Å². The van der Waals surface area contributed by atoms with Gasteiger partial charge >= 0.3 is 6.36 Å². The second kappa shape index (κ2) is 12.7. The monoisotopic (exact) mass is 598 g/mol. The Kier molecular flexibility index (Phi) is 8.89. The predicted molar refractivity (Wildman–Crippen MR) is 152 cm³/mol. The molecule has 1 fully saturated rings. The molecule has 2 aromatic heterocycles. The quantitative estimate of drug-likeness (QED) is 0.223. The van der Waals surface area contributed by atoms with Crippen LogP contribution in [0, 0.1) is 0 Å². The number of alkyl halides is 3. The van der Waals surface area contributed by atoms with Gasteiger partial charge in [-0.3, -0.25) is 9.59 Å². The molecule has 7 nitrogen and oxygen atoms in total. The number of anilines is 1. The predicted octanol–water partition coefficient (Wildman–Crippen LogP) is 6.85. The molecule has 4 aromatic rings. The fraction of sp³-hybridized carbons (Fsp3) is 0.241. The molecule has 0 radical (unpaired) electrons. The number of rotatable bonds is 8. The summed E-state index contributed by atoms with van der Waals surface area (Å²) in [5.41, 5.74) is 2.06. The molecule has 1 aliphatic rings. The number of nitrogens with zero attached hydrogens (tertiary/aromatic N) is 3. The summed E-state index contributed by atoms with van der Waals surface area (Å²) in [7, 11) is 0. The SMILES string of the molecule is O=C(Nc1ccccc1-c1ccc(OC(F)(F)F)cc1)c1csc(C2CCN(C(=O)CSc3ccccn3)CC2)n1. The summed E-state index contributed by atoms with van der Waals surface area (Å²) in [6, 6.07) is 18.1. The average Bonchev–Trinajstić information content (AvgIpc) is 3.47. The van der Waals surface area contributed by atoms with Gasteiger partial charge in [0.2, 0.25) is 5.91 Å². The molecule has 41 heavy (non-hydrogen) atoms. The molecule has 1 aliphatic heterocycles. The van der Waals surface area contributed by atoms with Crippen LogP contribution in [0.5, 0.6) is 5.75 Å². The maximum atomic E-state index is 13.1. The van der Waals surface area contributed by atoms with Crippen molar-refractivity contribution in [3.63, 3.8) is 0 Å². The number of hydrogen-bond acceptors (Lipinski definition) is 7. The van der Waals surface area contributed by atoms with Crippen LogP contribution in [0.2, 0.25) is 0 Å². The zero-order chi connectivity index (χ0) is 28.8. The standard InChI is InChI=1S/C29H25F3N4O3S2/c30-29(31,32)39-21-10-8-19(9-11-21)22-5-1-2-6-23(22)34-27(38)24-17-41-28(35-24)20-12-15-36(16-13-20)26(37)18-40-25-7-3-4-14-33-25/h1-11,14,17,20H,12-13,15-16,18H2,(H,34,38). The lowest BCUT2D eigenvalue weighted by atomic mass is 9.97. The lowest BCUT2D eigenvalue weighted by Crippen LogP contribution is -2.38. The highest BCUT2D eigenvalue weighted by atomic mass is 32.2. The minimum Gasteiger partial charge on any atom is -0.406 e. The molecule has 12 heteroatoms. The number of amides is 2. The van der Waals surface area contributed by atoms with E-state index in [9.17, 15) is 22.8 Å². The minimum absolute atomic E-state index is 0.0829. The van der Waals surface area contributed by atoms with Crippen LogP contribution in [0.15, 0.2) is 83.3 Å². The first-order valence-electron chi connectivity index (χ1n) is 12.8. The Morgan fingerprint density at radius 2 is 1.76 bits per heavy atom. The van der Waals surface area contributed by atoms with Crippen molar-refractivity contribution >= 4 is 40.6 Å². The molecule has 1 N–H and O–H groups in total. The molecule has 212 valence electrons. The zero-order valence-electron chi connectivity index (χ0n) is 21.6. The van der Waals surface area contributed by atoms with Crippen LogP contribution in [0.1, 0.15) is 34.3 Å². The first kappa shape index (κ1) is 28.6. The Morgan fingerprint density at radius 3 is 2.46 bits per heavy atom. The van der Waals surface area contributed by atoms with Gasteiger partial charge in [-0.25, -0.2) is 9.97 Å². The highest BCUT2D eigenvalue weighted by molar-refractivity contribution is 7.99. The van der Waals surface area contributed by atoms with E-state index in [1.807, 2.05) is 23.1 Å². The topological polar surface area (TPSA) is 84.4 Å². The Balaban J connectivity index is 1.17. The van der Waals surface area contributed by atoms with E-state index in [0.29, 0.717) is 41.4 Å². The number of aromatic nitrogens is 2. The Bertz CT molecular complexity index is 1490. The second-order valence-electron chi connectivity index (χ2n) is 9.25. The van der Waals surface area contributed by atoms with Crippen molar-refractivity contribution in [2.24, 2.45) is 0 Å². The second-order valence-corrected chi connectivity index (χ2v) is 11.1. The van der Waals surface area contributed by atoms with Crippen molar-refractivity contribution < 1.29 is 27.5 Å². The molecule has 0 spiro atoms. The van der Waals surface area contributed by atoms with Gasteiger partial charge in [0.15, 0.2) is 0 Å². The van der Waals surface area contributed by atoms with Crippen LogP contribution in [-0.4, -0.2) is 51.9 Å². The Hall–Kier alpha value is -3.90. The summed E-state index contributed by atoms with van der Waals surface area (Å²) in [4.78, 5) is 36.4. The lowest BCUT2D eigenvalue weighted by molar-refractivity contribution is -0.274. The zero-order valence-corrected chi connectivity index (χ0v) is 23.3. The number of thiazole rings is 1. The number of carbonyl (C=O) groups excluding carboxylic acids is 2. The third-order valence-electron chi connectivity index (χ3n) is 6.51. The van der Waals surface area contributed by atoms with Gasteiger partial charge in [0.05, 0.1) is 15.8 Å². The van der Waals surface area contributed by atoms with Crippen molar-refractivity contribution in [1.82, 2.24) is 14.9 Å². The molecule has 2 amide bonds. The number of carbonyl (C=O) groups is 2. The highest BCUT2D eigenvalue weighted by Gasteiger charge is 2.31. The van der Waals surface area contributed by atoms with Crippen molar-refractivity contribution in [2.45, 2.75) is 30.1 Å². The van der Waals surface area contributed by atoms with Gasteiger partial charge in [-0.05, 0) is 48.7 Å². The normalized spacial score (nSPS) is 14.1. The van der Waals surface area contributed by atoms with Crippen LogP contribution < -0.4 is 10.1 Å². The van der Waals surface area contributed by atoms with E-state index >= 15 is 0 Å². The minimum atomic E-state index is -4.77. The largest absolute Gasteiger partial charge is 0.573 e. The van der Waals surface area contributed by atoms with E-state index in [2.05, 4.69) is 20.0 Å². The number of halogens is 3. The summed E-state index contributed by atoms with van der Waals surface area (Å²) in [6.07, 6.45) is -1.52. The van der Waals surface area contributed by atoms with Crippen LogP contribution in [-0.2, 0) is 4.79 Å². The third kappa shape index (κ3) is 7.65. The van der Waals surface area contributed by atoms with E-state index in [1.165, 1.54) is 47.4 Å². The van der Waals surface area contributed by atoms with E-state index in [4.69, 9.17) is 0 Å². The van der Waals surface area contributed by atoms with E-state index in [-0.39, 0.29) is 23.5 Å². The van der Waals surface area contributed by atoms with Crippen LogP contribution >= 0.6 is 23.1 Å². The molecule has 5 rings (SSSR count). The van der Waals surface area contributed by atoms with Crippen LogP contribution in [0.4, 0.5) is 18.9 Å². The summed E-state index contributed by atoms with van der Waals surface area (Å²) in [6.45, 7) is 1.27. The van der Waals surface area contributed by atoms with Crippen molar-refractivity contribution in [3.8, 4) is 16.9 Å². The number of para-hydroxylation sites is 1. The Morgan fingerprint density at radius 1 is 1.02 bits per heavy atom. The molecular weight excluding hydrogens is 573 g/mol. The maximum absolute atomic E-state index is 13.1. The van der Waals surface area contributed by atoms with Gasteiger partial charge < -0.3 is 15.0 Å². The Labute approximate surface area is 242 Å². The smallest absolute Gasteiger partial charge is 0.406 e. The molecular formula is C29H25F3N4O3S2. The van der Waals surface area contributed by atoms with Crippen molar-refractivity contribution in [3.05, 3.63) is 89.0 Å². The summed E-state index contributed by atoms with van der Waals surface area (Å²) in [5.74, 6) is -0.110. The molecule has 3 heterocycles. The first-order chi connectivity index (χ1) is 19.7. The molecule has 2 aromatic carbocycles. The lowest BCUT2D eigenvalue weighted by Gasteiger charge is -2.31. The molecule has 1 saturated heterocycles. The average molecular weight is 599 g/mol. The molecule has 0 atom stereocenters. The maximum Gasteiger partial charge on any atom is 0.573 e. The van der Waals surface area contributed by atoms with Gasteiger partial charge in [0.25, 0.3) is 5.91 Å². The van der Waals surface area contributed by atoms with Crippen LogP contribution in [0.25, 0.3) is 11.1 Å². The van der Waals surface area contributed by atoms with Crippen LogP contribution in [0.3, 0.4) is 0 Å². The number of piperidine rings is 1. The molecule has 0 unspecified atom stereocenters. The number of thioether (sulfide) groups is 1. The number of likely N-dealkylation sites (tertiary alicyclic amines) is 1. The van der Waals surface area contributed by atoms with Crippen molar-refractivity contribution in [1.29, 1.82) is 0 Å². The third-order valence-corrected chi connectivity index (χ3v) is 8.44. The first-order valence-corrected chi connectivity index (χ1v) is 14.7. The number of hydrogen-bond donors (Lipinski definition) is 1. The van der Waals surface area contributed by atoms with E-state index in [0.717, 1.165) is 22.9 Å². The summed E-state index contributed by atoms with van der Waals surface area (Å²) in [5, 5.41) is 6.28. The van der Waals surface area contributed by atoms with E-state index < -0.39 is 6.36 Å². The molecule has 0 bridgehead atoms. The van der Waals surface area contributed by atoms with Gasteiger partial charge in [0, 0.05) is 41.8 Å². The number of benzene rings is 2. The molecule has 0 saturated carbocycles.